The molecule has 20 heavy (non-hydrogen) atoms. The number of nitrogens with zero attached hydrogens (tertiary/aromatic N) is 1. The van der Waals surface area contributed by atoms with E-state index >= 15 is 0 Å². The zero-order valence-electron chi connectivity index (χ0n) is 13.3. The van der Waals surface area contributed by atoms with Crippen LogP contribution in [-0.4, -0.2) is 36.7 Å². The number of rotatable bonds is 6. The van der Waals surface area contributed by atoms with Gasteiger partial charge in [-0.05, 0) is 51.3 Å². The van der Waals surface area contributed by atoms with E-state index in [0.717, 1.165) is 31.0 Å². The van der Waals surface area contributed by atoms with Gasteiger partial charge in [-0.2, -0.15) is 0 Å². The van der Waals surface area contributed by atoms with E-state index < -0.39 is 0 Å². The molecule has 1 atom stereocenters. The zero-order valence-corrected chi connectivity index (χ0v) is 13.3. The Balaban J connectivity index is 2.02. The smallest absolute Gasteiger partial charge is 0.142 e. The average Bonchev–Trinajstić information content (AvgIpc) is 2.88. The minimum Gasteiger partial charge on any atom is -0.491 e. The third kappa shape index (κ3) is 3.89. The molecule has 1 aliphatic heterocycles. The fraction of sp³-hybridized carbons (Fsp3) is 0.647. The lowest BCUT2D eigenvalue weighted by Crippen LogP contribution is -2.31. The first-order valence-electron chi connectivity index (χ1n) is 7.84. The first kappa shape index (κ1) is 15.2. The number of nitrogens with one attached hydrogen (secondary N) is 1. The summed E-state index contributed by atoms with van der Waals surface area (Å²) in [5.41, 5.74) is 2.39. The summed E-state index contributed by atoms with van der Waals surface area (Å²) in [6, 6.07) is 7.60. The van der Waals surface area contributed by atoms with Crippen LogP contribution in [0.5, 0.6) is 5.75 Å². The highest BCUT2D eigenvalue weighted by Crippen LogP contribution is 2.28. The summed E-state index contributed by atoms with van der Waals surface area (Å²) in [5.74, 6) is 0.995. The van der Waals surface area contributed by atoms with Crippen molar-refractivity contribution in [2.75, 3.05) is 25.0 Å². The first-order valence-corrected chi connectivity index (χ1v) is 7.84. The summed E-state index contributed by atoms with van der Waals surface area (Å²) in [7, 11) is 0. The molecule has 112 valence electrons. The van der Waals surface area contributed by atoms with Crippen molar-refractivity contribution in [3.8, 4) is 5.75 Å². The Morgan fingerprint density at radius 3 is 2.85 bits per heavy atom. The summed E-state index contributed by atoms with van der Waals surface area (Å²) < 4.78 is 5.88. The monoisotopic (exact) mass is 276 g/mol. The van der Waals surface area contributed by atoms with Gasteiger partial charge in [-0.15, -0.1) is 0 Å². The van der Waals surface area contributed by atoms with Crippen molar-refractivity contribution in [1.29, 1.82) is 0 Å². The maximum Gasteiger partial charge on any atom is 0.142 e. The van der Waals surface area contributed by atoms with E-state index in [0.29, 0.717) is 12.1 Å². The summed E-state index contributed by atoms with van der Waals surface area (Å²) in [6.45, 7) is 11.9. The average molecular weight is 276 g/mol. The minimum absolute atomic E-state index is 0.532. The standard InChI is InChI=1S/C17H28N2O/c1-5-10-20-17-11-14(4)6-7-16(17)18-15-8-9-19(12-15)13(2)3/h6-7,11,13,15,18H,5,8-10,12H2,1-4H3. The summed E-state index contributed by atoms with van der Waals surface area (Å²) in [5, 5.41) is 3.66. The minimum atomic E-state index is 0.532. The van der Waals surface area contributed by atoms with Crippen LogP contribution in [0.15, 0.2) is 18.2 Å². The van der Waals surface area contributed by atoms with Crippen LogP contribution in [0.2, 0.25) is 0 Å². The molecule has 0 aliphatic carbocycles. The molecule has 1 aromatic rings. The van der Waals surface area contributed by atoms with E-state index in [9.17, 15) is 0 Å². The molecule has 2 rings (SSSR count). The van der Waals surface area contributed by atoms with E-state index in [-0.39, 0.29) is 0 Å². The molecule has 0 bridgehead atoms. The van der Waals surface area contributed by atoms with E-state index in [1.807, 2.05) is 0 Å². The second-order valence-corrected chi connectivity index (χ2v) is 6.07. The summed E-state index contributed by atoms with van der Waals surface area (Å²) in [6.07, 6.45) is 2.25. The van der Waals surface area contributed by atoms with Gasteiger partial charge in [0.2, 0.25) is 0 Å². The predicted octanol–water partition coefficient (Wildman–Crippen LogP) is 3.68. The molecule has 0 aromatic heterocycles. The SMILES string of the molecule is CCCOc1cc(C)ccc1NC1CCN(C(C)C)C1. The normalized spacial score (nSPS) is 19.6. The Kier molecular flexibility index (Phi) is 5.30. The van der Waals surface area contributed by atoms with Crippen LogP contribution >= 0.6 is 0 Å². The predicted molar refractivity (Wildman–Crippen MR) is 85.7 cm³/mol. The summed E-state index contributed by atoms with van der Waals surface area (Å²) >= 11 is 0. The van der Waals surface area contributed by atoms with Crippen molar-refractivity contribution in [3.05, 3.63) is 23.8 Å². The maximum atomic E-state index is 5.88. The number of hydrogen-bond acceptors (Lipinski definition) is 3. The molecule has 1 N–H and O–H groups in total. The second kappa shape index (κ2) is 6.98. The molecule has 0 radical (unpaired) electrons. The van der Waals surface area contributed by atoms with Gasteiger partial charge < -0.3 is 10.1 Å². The Hall–Kier alpha value is -1.22. The number of benzene rings is 1. The number of likely N-dealkylation sites (tertiary alicyclic amines) is 1. The number of ether oxygens (including phenoxy) is 1. The number of anilines is 1. The Morgan fingerprint density at radius 1 is 1.40 bits per heavy atom. The van der Waals surface area contributed by atoms with Crippen molar-refractivity contribution in [3.63, 3.8) is 0 Å². The van der Waals surface area contributed by atoms with Crippen molar-refractivity contribution < 1.29 is 4.74 Å². The number of hydrogen-bond donors (Lipinski definition) is 1. The molecular formula is C17H28N2O. The van der Waals surface area contributed by atoms with Crippen LogP contribution in [0.3, 0.4) is 0 Å². The second-order valence-electron chi connectivity index (χ2n) is 6.07. The Labute approximate surface area is 123 Å². The van der Waals surface area contributed by atoms with Crippen molar-refractivity contribution in [2.24, 2.45) is 0 Å². The van der Waals surface area contributed by atoms with Crippen molar-refractivity contribution in [1.82, 2.24) is 4.90 Å². The number of aryl methyl sites for hydroxylation is 1. The molecule has 0 amide bonds. The molecular weight excluding hydrogens is 248 g/mol. The topological polar surface area (TPSA) is 24.5 Å². The van der Waals surface area contributed by atoms with Crippen molar-refractivity contribution in [2.45, 2.75) is 52.6 Å². The molecule has 0 saturated carbocycles. The lowest BCUT2D eigenvalue weighted by atomic mass is 10.2. The maximum absolute atomic E-state index is 5.88. The van der Waals surface area contributed by atoms with Gasteiger partial charge in [0.05, 0.1) is 12.3 Å². The molecule has 0 spiro atoms. The molecule has 1 aromatic carbocycles. The fourth-order valence-electron chi connectivity index (χ4n) is 2.67. The highest BCUT2D eigenvalue weighted by molar-refractivity contribution is 5.58. The van der Waals surface area contributed by atoms with Gasteiger partial charge in [-0.1, -0.05) is 13.0 Å². The van der Waals surface area contributed by atoms with Crippen molar-refractivity contribution >= 4 is 5.69 Å². The molecule has 1 unspecified atom stereocenters. The van der Waals surface area contributed by atoms with Gasteiger partial charge in [0.15, 0.2) is 0 Å². The summed E-state index contributed by atoms with van der Waals surface area (Å²) in [4.78, 5) is 2.53. The largest absolute Gasteiger partial charge is 0.491 e. The van der Waals surface area contributed by atoms with E-state index in [4.69, 9.17) is 4.74 Å². The zero-order chi connectivity index (χ0) is 14.5. The molecule has 3 nitrogen and oxygen atoms in total. The van der Waals surface area contributed by atoms with Crippen LogP contribution in [-0.2, 0) is 0 Å². The van der Waals surface area contributed by atoms with E-state index in [1.165, 1.54) is 18.5 Å². The van der Waals surface area contributed by atoms with Crippen LogP contribution in [0.4, 0.5) is 5.69 Å². The van der Waals surface area contributed by atoms with E-state index in [1.54, 1.807) is 0 Å². The van der Waals surface area contributed by atoms with Crippen LogP contribution in [0.1, 0.15) is 39.2 Å². The van der Waals surface area contributed by atoms with Gasteiger partial charge in [-0.3, -0.25) is 4.90 Å². The molecule has 1 heterocycles. The molecule has 1 fully saturated rings. The highest BCUT2D eigenvalue weighted by Gasteiger charge is 2.24. The first-order chi connectivity index (χ1) is 9.60. The fourth-order valence-corrected chi connectivity index (χ4v) is 2.67. The van der Waals surface area contributed by atoms with Crippen LogP contribution in [0, 0.1) is 6.92 Å². The quantitative estimate of drug-likeness (QED) is 0.858. The Morgan fingerprint density at radius 2 is 2.20 bits per heavy atom. The van der Waals surface area contributed by atoms with Crippen LogP contribution < -0.4 is 10.1 Å². The lowest BCUT2D eigenvalue weighted by Gasteiger charge is -2.21. The third-order valence-electron chi connectivity index (χ3n) is 3.91. The lowest BCUT2D eigenvalue weighted by molar-refractivity contribution is 0.274. The van der Waals surface area contributed by atoms with Gasteiger partial charge >= 0.3 is 0 Å². The molecule has 3 heteroatoms. The van der Waals surface area contributed by atoms with Gasteiger partial charge in [0.25, 0.3) is 0 Å². The van der Waals surface area contributed by atoms with Crippen LogP contribution in [0.25, 0.3) is 0 Å². The van der Waals surface area contributed by atoms with Gasteiger partial charge in [-0.25, -0.2) is 0 Å². The Bertz CT molecular complexity index is 431. The molecule has 1 saturated heterocycles. The third-order valence-corrected chi connectivity index (χ3v) is 3.91. The van der Waals surface area contributed by atoms with Gasteiger partial charge in [0.1, 0.15) is 5.75 Å². The van der Waals surface area contributed by atoms with E-state index in [2.05, 4.69) is 56.1 Å². The molecule has 1 aliphatic rings. The highest BCUT2D eigenvalue weighted by atomic mass is 16.5. The van der Waals surface area contributed by atoms with Gasteiger partial charge in [0, 0.05) is 25.2 Å².